The first kappa shape index (κ1) is 8.23. The van der Waals surface area contributed by atoms with Gasteiger partial charge in [0.05, 0.1) is 5.56 Å². The minimum atomic E-state index is -1.24. The molecule has 1 fully saturated rings. The number of carbonyl (C=O) groups is 1. The lowest BCUT2D eigenvalue weighted by Gasteiger charge is -2.05. The Kier molecular flexibility index (Phi) is 1.62. The Labute approximate surface area is 75.0 Å². The summed E-state index contributed by atoms with van der Waals surface area (Å²) in [5.41, 5.74) is -0.598. The van der Waals surface area contributed by atoms with Gasteiger partial charge in [-0.3, -0.25) is 0 Å². The fourth-order valence-corrected chi connectivity index (χ4v) is 1.33. The van der Waals surface area contributed by atoms with Crippen LogP contribution in [0.5, 0.6) is 0 Å². The molecule has 1 aromatic carbocycles. The zero-order valence-electron chi connectivity index (χ0n) is 6.96. The van der Waals surface area contributed by atoms with Crippen LogP contribution in [0.4, 0.5) is 4.39 Å². The van der Waals surface area contributed by atoms with Crippen LogP contribution in [0.1, 0.15) is 28.8 Å². The highest BCUT2D eigenvalue weighted by Crippen LogP contribution is 2.49. The molecule has 2 nitrogen and oxygen atoms in total. The zero-order chi connectivity index (χ0) is 9.47. The standard InChI is InChI=1S/C10H9FO2/c11-10(4-5-10)8-3-1-2-7(6-8)9(12)13/h1-3,6H,4-5H2,(H,12,13). The summed E-state index contributed by atoms with van der Waals surface area (Å²) in [4.78, 5) is 10.6. The number of carboxylic acids is 1. The van der Waals surface area contributed by atoms with E-state index in [-0.39, 0.29) is 5.56 Å². The monoisotopic (exact) mass is 180 g/mol. The normalized spacial score (nSPS) is 18.2. The predicted molar refractivity (Wildman–Crippen MR) is 45.4 cm³/mol. The molecular formula is C10H9FO2. The fraction of sp³-hybridized carbons (Fsp3) is 0.300. The number of hydrogen-bond donors (Lipinski definition) is 1. The van der Waals surface area contributed by atoms with E-state index < -0.39 is 11.6 Å². The lowest BCUT2D eigenvalue weighted by Crippen LogP contribution is -2.02. The highest BCUT2D eigenvalue weighted by atomic mass is 19.1. The second-order valence-electron chi connectivity index (χ2n) is 3.35. The van der Waals surface area contributed by atoms with Crippen LogP contribution in [0.15, 0.2) is 24.3 Å². The predicted octanol–water partition coefficient (Wildman–Crippen LogP) is 2.34. The molecule has 0 saturated heterocycles. The van der Waals surface area contributed by atoms with Crippen LogP contribution in [0, 0.1) is 0 Å². The molecule has 68 valence electrons. The molecule has 1 saturated carbocycles. The van der Waals surface area contributed by atoms with Crippen molar-refractivity contribution in [3.8, 4) is 0 Å². The van der Waals surface area contributed by atoms with Crippen LogP contribution in [-0.2, 0) is 5.67 Å². The van der Waals surface area contributed by atoms with Gasteiger partial charge in [-0.05, 0) is 30.5 Å². The van der Waals surface area contributed by atoms with Gasteiger partial charge in [-0.2, -0.15) is 0 Å². The van der Waals surface area contributed by atoms with Gasteiger partial charge in [0.25, 0.3) is 0 Å². The lowest BCUT2D eigenvalue weighted by atomic mass is 10.1. The smallest absolute Gasteiger partial charge is 0.335 e. The SMILES string of the molecule is O=C(O)c1cccc(C2(F)CC2)c1. The van der Waals surface area contributed by atoms with Gasteiger partial charge in [-0.25, -0.2) is 9.18 Å². The van der Waals surface area contributed by atoms with Crippen LogP contribution < -0.4 is 0 Å². The van der Waals surface area contributed by atoms with E-state index in [1.165, 1.54) is 12.1 Å². The second kappa shape index (κ2) is 2.55. The van der Waals surface area contributed by atoms with Crippen molar-refractivity contribution in [2.24, 2.45) is 0 Å². The topological polar surface area (TPSA) is 37.3 Å². The fourth-order valence-electron chi connectivity index (χ4n) is 1.33. The van der Waals surface area contributed by atoms with Gasteiger partial charge in [-0.15, -0.1) is 0 Å². The molecule has 0 bridgehead atoms. The minimum Gasteiger partial charge on any atom is -0.478 e. The summed E-state index contributed by atoms with van der Waals surface area (Å²) in [7, 11) is 0. The summed E-state index contributed by atoms with van der Waals surface area (Å²) in [5.74, 6) is -1.01. The Morgan fingerprint density at radius 2 is 2.15 bits per heavy atom. The molecule has 0 amide bonds. The summed E-state index contributed by atoms with van der Waals surface area (Å²) in [6.07, 6.45) is 1.02. The molecular weight excluding hydrogens is 171 g/mol. The molecule has 2 rings (SSSR count). The van der Waals surface area contributed by atoms with E-state index in [1.54, 1.807) is 12.1 Å². The molecule has 1 N–H and O–H groups in total. The van der Waals surface area contributed by atoms with Gasteiger partial charge in [0.2, 0.25) is 0 Å². The van der Waals surface area contributed by atoms with Crippen LogP contribution in [0.25, 0.3) is 0 Å². The molecule has 1 aliphatic rings. The van der Waals surface area contributed by atoms with Crippen molar-refractivity contribution in [1.82, 2.24) is 0 Å². The minimum absolute atomic E-state index is 0.154. The van der Waals surface area contributed by atoms with Crippen molar-refractivity contribution >= 4 is 5.97 Å². The molecule has 13 heavy (non-hydrogen) atoms. The zero-order valence-corrected chi connectivity index (χ0v) is 6.96. The molecule has 0 heterocycles. The van der Waals surface area contributed by atoms with E-state index >= 15 is 0 Å². The van der Waals surface area contributed by atoms with E-state index in [0.717, 1.165) is 0 Å². The average Bonchev–Trinajstić information content (AvgIpc) is 2.85. The first-order valence-corrected chi connectivity index (χ1v) is 4.15. The van der Waals surface area contributed by atoms with Crippen molar-refractivity contribution in [1.29, 1.82) is 0 Å². The van der Waals surface area contributed by atoms with Crippen LogP contribution in [-0.4, -0.2) is 11.1 Å². The third kappa shape index (κ3) is 1.41. The Balaban J connectivity index is 2.38. The molecule has 0 spiro atoms. The van der Waals surface area contributed by atoms with Crippen molar-refractivity contribution in [3.05, 3.63) is 35.4 Å². The Bertz CT molecular complexity index is 356. The number of carboxylic acid groups (broad SMARTS) is 1. The van der Waals surface area contributed by atoms with E-state index in [0.29, 0.717) is 18.4 Å². The number of halogens is 1. The summed E-state index contributed by atoms with van der Waals surface area (Å²) in [6, 6.07) is 6.10. The Hall–Kier alpha value is -1.38. The average molecular weight is 180 g/mol. The maximum absolute atomic E-state index is 13.5. The number of rotatable bonds is 2. The van der Waals surface area contributed by atoms with Crippen molar-refractivity contribution in [3.63, 3.8) is 0 Å². The van der Waals surface area contributed by atoms with E-state index in [1.807, 2.05) is 0 Å². The number of benzene rings is 1. The molecule has 0 aromatic heterocycles. The Morgan fingerprint density at radius 3 is 2.69 bits per heavy atom. The highest BCUT2D eigenvalue weighted by molar-refractivity contribution is 5.87. The van der Waals surface area contributed by atoms with Crippen LogP contribution in [0.3, 0.4) is 0 Å². The van der Waals surface area contributed by atoms with Crippen molar-refractivity contribution in [2.75, 3.05) is 0 Å². The van der Waals surface area contributed by atoms with Gasteiger partial charge in [-0.1, -0.05) is 12.1 Å². The largest absolute Gasteiger partial charge is 0.478 e. The molecule has 0 radical (unpaired) electrons. The highest BCUT2D eigenvalue weighted by Gasteiger charge is 2.44. The summed E-state index contributed by atoms with van der Waals surface area (Å²) in [5, 5.41) is 8.67. The van der Waals surface area contributed by atoms with Gasteiger partial charge in [0.15, 0.2) is 0 Å². The van der Waals surface area contributed by atoms with E-state index in [2.05, 4.69) is 0 Å². The van der Waals surface area contributed by atoms with Crippen molar-refractivity contribution in [2.45, 2.75) is 18.5 Å². The van der Waals surface area contributed by atoms with Gasteiger partial charge in [0.1, 0.15) is 5.67 Å². The van der Waals surface area contributed by atoms with Crippen LogP contribution in [0.2, 0.25) is 0 Å². The van der Waals surface area contributed by atoms with E-state index in [9.17, 15) is 9.18 Å². The number of aromatic carboxylic acids is 1. The number of alkyl halides is 1. The molecule has 1 aromatic rings. The molecule has 0 unspecified atom stereocenters. The third-order valence-electron chi connectivity index (χ3n) is 2.32. The first-order valence-electron chi connectivity index (χ1n) is 4.15. The molecule has 0 atom stereocenters. The summed E-state index contributed by atoms with van der Waals surface area (Å²) < 4.78 is 13.5. The summed E-state index contributed by atoms with van der Waals surface area (Å²) >= 11 is 0. The molecule has 1 aliphatic carbocycles. The molecule has 3 heteroatoms. The van der Waals surface area contributed by atoms with Gasteiger partial charge < -0.3 is 5.11 Å². The maximum atomic E-state index is 13.5. The van der Waals surface area contributed by atoms with E-state index in [4.69, 9.17) is 5.11 Å². The molecule has 0 aliphatic heterocycles. The number of hydrogen-bond acceptors (Lipinski definition) is 1. The second-order valence-corrected chi connectivity index (χ2v) is 3.35. The maximum Gasteiger partial charge on any atom is 0.335 e. The first-order chi connectivity index (χ1) is 6.12. The lowest BCUT2D eigenvalue weighted by molar-refractivity contribution is 0.0696. The Morgan fingerprint density at radius 1 is 1.46 bits per heavy atom. The van der Waals surface area contributed by atoms with Gasteiger partial charge >= 0.3 is 5.97 Å². The quantitative estimate of drug-likeness (QED) is 0.758. The van der Waals surface area contributed by atoms with Crippen molar-refractivity contribution < 1.29 is 14.3 Å². The third-order valence-corrected chi connectivity index (χ3v) is 2.32. The van der Waals surface area contributed by atoms with Gasteiger partial charge in [0, 0.05) is 0 Å². The summed E-state index contributed by atoms with van der Waals surface area (Å²) in [6.45, 7) is 0. The van der Waals surface area contributed by atoms with Crippen LogP contribution >= 0.6 is 0 Å².